The summed E-state index contributed by atoms with van der Waals surface area (Å²) in [4.78, 5) is 28.1. The van der Waals surface area contributed by atoms with E-state index >= 15 is 0 Å². The number of hydrogen-bond acceptors (Lipinski definition) is 4. The largest absolute Gasteiger partial charge is 0.357 e. The molecule has 0 aliphatic heterocycles. The zero-order valence-electron chi connectivity index (χ0n) is 21.4. The van der Waals surface area contributed by atoms with Crippen LogP contribution in [0.4, 0.5) is 5.69 Å². The molecule has 1 N–H and O–H groups in total. The Morgan fingerprint density at radius 1 is 0.919 bits per heavy atom. The summed E-state index contributed by atoms with van der Waals surface area (Å²) in [5.41, 5.74) is 2.88. The molecule has 3 aromatic rings. The number of halogens is 1. The summed E-state index contributed by atoms with van der Waals surface area (Å²) in [5.74, 6) is -0.863. The summed E-state index contributed by atoms with van der Waals surface area (Å²) in [6.07, 6.45) is 0.338. The minimum atomic E-state index is -4.09. The highest BCUT2D eigenvalue weighted by molar-refractivity contribution is 7.92. The first-order valence-corrected chi connectivity index (χ1v) is 13.8. The molecule has 0 aliphatic carbocycles. The van der Waals surface area contributed by atoms with E-state index in [-0.39, 0.29) is 17.3 Å². The molecule has 1 atom stereocenters. The van der Waals surface area contributed by atoms with E-state index in [9.17, 15) is 18.0 Å². The van der Waals surface area contributed by atoms with Crippen LogP contribution in [0.25, 0.3) is 0 Å². The molecule has 196 valence electrons. The molecular formula is C28H32ClN3O4S. The molecule has 7 nitrogen and oxygen atoms in total. The number of amides is 2. The zero-order valence-corrected chi connectivity index (χ0v) is 23.0. The van der Waals surface area contributed by atoms with Gasteiger partial charge in [-0.1, -0.05) is 72.1 Å². The van der Waals surface area contributed by atoms with Crippen LogP contribution in [0.15, 0.2) is 77.7 Å². The van der Waals surface area contributed by atoms with Crippen LogP contribution in [0, 0.1) is 13.8 Å². The Hall–Kier alpha value is -3.36. The van der Waals surface area contributed by atoms with Crippen LogP contribution in [0.1, 0.15) is 30.0 Å². The van der Waals surface area contributed by atoms with E-state index in [2.05, 4.69) is 5.32 Å². The predicted molar refractivity (Wildman–Crippen MR) is 147 cm³/mol. The average molecular weight is 542 g/mol. The van der Waals surface area contributed by atoms with Crippen molar-refractivity contribution in [2.75, 3.05) is 17.9 Å². The second-order valence-electron chi connectivity index (χ2n) is 8.81. The molecule has 0 saturated heterocycles. The maximum Gasteiger partial charge on any atom is 0.264 e. The van der Waals surface area contributed by atoms with Gasteiger partial charge in [-0.2, -0.15) is 0 Å². The third kappa shape index (κ3) is 6.70. The SMILES string of the molecule is CCC(C(=O)NC)N(Cc1ccccc1Cl)C(=O)CN(c1ccc(C)cc1)S(=O)(=O)c1ccc(C)cc1. The predicted octanol–water partition coefficient (Wildman–Crippen LogP) is 4.71. The van der Waals surface area contributed by atoms with Gasteiger partial charge in [0.1, 0.15) is 12.6 Å². The first-order chi connectivity index (χ1) is 17.6. The molecule has 2 amide bonds. The fraction of sp³-hybridized carbons (Fsp3) is 0.286. The Bertz CT molecular complexity index is 1340. The number of carbonyl (C=O) groups excluding carboxylic acids is 2. The Balaban J connectivity index is 2.06. The number of nitrogens with zero attached hydrogens (tertiary/aromatic N) is 2. The van der Waals surface area contributed by atoms with Crippen molar-refractivity contribution in [2.45, 2.75) is 44.7 Å². The van der Waals surface area contributed by atoms with Crippen LogP contribution in [-0.2, 0) is 26.2 Å². The Kier molecular flexibility index (Phi) is 9.34. The lowest BCUT2D eigenvalue weighted by Gasteiger charge is -2.33. The fourth-order valence-electron chi connectivity index (χ4n) is 3.97. The molecule has 0 aliphatic rings. The molecule has 0 bridgehead atoms. The van der Waals surface area contributed by atoms with Crippen LogP contribution in [0.2, 0.25) is 5.02 Å². The topological polar surface area (TPSA) is 86.8 Å². The first kappa shape index (κ1) is 28.2. The Morgan fingerprint density at radius 3 is 2.03 bits per heavy atom. The van der Waals surface area contributed by atoms with Gasteiger partial charge in [0.25, 0.3) is 10.0 Å². The van der Waals surface area contributed by atoms with Crippen LogP contribution in [0.5, 0.6) is 0 Å². The second-order valence-corrected chi connectivity index (χ2v) is 11.1. The Labute approximate surface area is 224 Å². The smallest absolute Gasteiger partial charge is 0.264 e. The van der Waals surface area contributed by atoms with Gasteiger partial charge in [-0.15, -0.1) is 0 Å². The van der Waals surface area contributed by atoms with Crippen LogP contribution < -0.4 is 9.62 Å². The summed E-state index contributed by atoms with van der Waals surface area (Å²) in [6, 6.07) is 19.6. The minimum Gasteiger partial charge on any atom is -0.357 e. The molecule has 37 heavy (non-hydrogen) atoms. The van der Waals surface area contributed by atoms with Gasteiger partial charge in [-0.3, -0.25) is 13.9 Å². The minimum absolute atomic E-state index is 0.0523. The van der Waals surface area contributed by atoms with Crippen LogP contribution in [0.3, 0.4) is 0 Å². The summed E-state index contributed by atoms with van der Waals surface area (Å²) in [7, 11) is -2.59. The van der Waals surface area contributed by atoms with Gasteiger partial charge >= 0.3 is 0 Å². The van der Waals surface area contributed by atoms with Gasteiger partial charge < -0.3 is 10.2 Å². The van der Waals surface area contributed by atoms with E-state index in [0.29, 0.717) is 22.7 Å². The lowest BCUT2D eigenvalue weighted by molar-refractivity contribution is -0.140. The van der Waals surface area contributed by atoms with Gasteiger partial charge in [-0.25, -0.2) is 8.42 Å². The average Bonchev–Trinajstić information content (AvgIpc) is 2.88. The summed E-state index contributed by atoms with van der Waals surface area (Å²) < 4.78 is 28.7. The third-order valence-electron chi connectivity index (χ3n) is 6.14. The first-order valence-electron chi connectivity index (χ1n) is 12.0. The Morgan fingerprint density at radius 2 is 1.49 bits per heavy atom. The standard InChI is InChI=1S/C28H32ClN3O4S/c1-5-26(28(34)30-4)31(18-22-8-6-7-9-25(22)29)27(33)19-32(23-14-10-20(2)11-15-23)37(35,36)24-16-12-21(3)13-17-24/h6-17,26H,5,18-19H2,1-4H3,(H,30,34). The molecule has 3 aromatic carbocycles. The van der Waals surface area contributed by atoms with Gasteiger partial charge in [-0.05, 0) is 56.2 Å². The molecule has 0 radical (unpaired) electrons. The summed E-state index contributed by atoms with van der Waals surface area (Å²) in [6.45, 7) is 5.13. The fourth-order valence-corrected chi connectivity index (χ4v) is 5.58. The van der Waals surface area contributed by atoms with Crippen molar-refractivity contribution in [2.24, 2.45) is 0 Å². The zero-order chi connectivity index (χ0) is 27.2. The number of nitrogens with one attached hydrogen (secondary N) is 1. The summed E-state index contributed by atoms with van der Waals surface area (Å²) >= 11 is 6.37. The number of sulfonamides is 1. The van der Waals surface area contributed by atoms with Crippen molar-refractivity contribution in [3.8, 4) is 0 Å². The maximum atomic E-state index is 13.9. The van der Waals surface area contributed by atoms with Crippen molar-refractivity contribution in [3.05, 3.63) is 94.5 Å². The quantitative estimate of drug-likeness (QED) is 0.403. The van der Waals surface area contributed by atoms with E-state index in [4.69, 9.17) is 11.6 Å². The van der Waals surface area contributed by atoms with Crippen molar-refractivity contribution in [1.82, 2.24) is 10.2 Å². The van der Waals surface area contributed by atoms with Crippen LogP contribution >= 0.6 is 11.6 Å². The van der Waals surface area contributed by atoms with E-state index < -0.39 is 28.5 Å². The highest BCUT2D eigenvalue weighted by Gasteiger charge is 2.33. The number of hydrogen-bond donors (Lipinski definition) is 1. The second kappa shape index (κ2) is 12.3. The van der Waals surface area contributed by atoms with Gasteiger partial charge in [0.05, 0.1) is 10.6 Å². The molecule has 0 saturated carbocycles. The van der Waals surface area contributed by atoms with Gasteiger partial charge in [0.2, 0.25) is 11.8 Å². The van der Waals surface area contributed by atoms with E-state index in [1.54, 1.807) is 67.6 Å². The number of likely N-dealkylation sites (N-methyl/N-ethyl adjacent to an activating group) is 1. The third-order valence-corrected chi connectivity index (χ3v) is 8.30. The molecular weight excluding hydrogens is 510 g/mol. The number of carbonyl (C=O) groups is 2. The maximum absolute atomic E-state index is 13.9. The van der Waals surface area contributed by atoms with E-state index in [1.807, 2.05) is 13.8 Å². The monoisotopic (exact) mass is 541 g/mol. The van der Waals surface area contributed by atoms with Crippen molar-refractivity contribution >= 4 is 39.1 Å². The number of aryl methyl sites for hydroxylation is 2. The normalized spacial score (nSPS) is 12.0. The number of rotatable bonds is 10. The number of anilines is 1. The van der Waals surface area contributed by atoms with Crippen molar-refractivity contribution in [1.29, 1.82) is 0 Å². The van der Waals surface area contributed by atoms with E-state index in [0.717, 1.165) is 15.4 Å². The lowest BCUT2D eigenvalue weighted by atomic mass is 10.1. The van der Waals surface area contributed by atoms with Crippen LogP contribution in [-0.4, -0.2) is 44.8 Å². The van der Waals surface area contributed by atoms with Crippen molar-refractivity contribution in [3.63, 3.8) is 0 Å². The molecule has 9 heteroatoms. The van der Waals surface area contributed by atoms with Gasteiger partial charge in [0.15, 0.2) is 0 Å². The number of benzene rings is 3. The highest BCUT2D eigenvalue weighted by Crippen LogP contribution is 2.26. The molecule has 0 fully saturated rings. The molecule has 0 heterocycles. The lowest BCUT2D eigenvalue weighted by Crippen LogP contribution is -2.51. The van der Waals surface area contributed by atoms with Gasteiger partial charge in [0, 0.05) is 18.6 Å². The molecule has 0 spiro atoms. The van der Waals surface area contributed by atoms with Crippen molar-refractivity contribution < 1.29 is 18.0 Å². The molecule has 3 rings (SSSR count). The molecule has 1 unspecified atom stereocenters. The molecule has 0 aromatic heterocycles. The van der Waals surface area contributed by atoms with E-state index in [1.165, 1.54) is 24.1 Å². The highest BCUT2D eigenvalue weighted by atomic mass is 35.5. The summed E-state index contributed by atoms with van der Waals surface area (Å²) in [5, 5.41) is 3.06.